The van der Waals surface area contributed by atoms with E-state index in [0.29, 0.717) is 29.5 Å². The highest BCUT2D eigenvalue weighted by atomic mass is 16.1. The van der Waals surface area contributed by atoms with Crippen molar-refractivity contribution in [3.05, 3.63) is 24.3 Å². The van der Waals surface area contributed by atoms with E-state index in [9.17, 15) is 4.79 Å². The average molecular weight is 202 g/mol. The van der Waals surface area contributed by atoms with Crippen molar-refractivity contribution in [2.45, 2.75) is 26.7 Å². The molecule has 80 valence electrons. The summed E-state index contributed by atoms with van der Waals surface area (Å²) in [5.74, 6) is 2.47. The Morgan fingerprint density at radius 2 is 2.13 bits per heavy atom. The Balaban J connectivity index is 2.07. The molecule has 0 spiro atoms. The third-order valence-electron chi connectivity index (χ3n) is 4.94. The summed E-state index contributed by atoms with van der Waals surface area (Å²) in [5, 5.41) is 0. The number of carbonyl (C=O) groups excluding carboxylic acids is 1. The second kappa shape index (κ2) is 2.84. The van der Waals surface area contributed by atoms with Gasteiger partial charge in [-0.3, -0.25) is 4.79 Å². The van der Waals surface area contributed by atoms with Gasteiger partial charge in [-0.25, -0.2) is 0 Å². The summed E-state index contributed by atoms with van der Waals surface area (Å²) in [5.41, 5.74) is 0.253. The molecule has 5 atom stereocenters. The average Bonchev–Trinajstić information content (AvgIpc) is 2.84. The SMILES string of the molecule is CC[C@@]1(C)C=CC(=O)[C@H]2[C@@H]1[C@H]1C=C[C@@H]2C1. The van der Waals surface area contributed by atoms with Crippen molar-refractivity contribution in [3.63, 3.8) is 0 Å². The van der Waals surface area contributed by atoms with Crippen molar-refractivity contribution in [1.29, 1.82) is 0 Å². The monoisotopic (exact) mass is 202 g/mol. The van der Waals surface area contributed by atoms with E-state index in [-0.39, 0.29) is 5.41 Å². The van der Waals surface area contributed by atoms with Gasteiger partial charge < -0.3 is 0 Å². The van der Waals surface area contributed by atoms with E-state index in [4.69, 9.17) is 0 Å². The van der Waals surface area contributed by atoms with E-state index in [1.807, 2.05) is 6.08 Å². The molecule has 1 saturated carbocycles. The van der Waals surface area contributed by atoms with Crippen molar-refractivity contribution in [3.8, 4) is 0 Å². The van der Waals surface area contributed by atoms with E-state index in [1.54, 1.807) is 0 Å². The summed E-state index contributed by atoms with van der Waals surface area (Å²) < 4.78 is 0. The van der Waals surface area contributed by atoms with Gasteiger partial charge in [0.25, 0.3) is 0 Å². The first-order chi connectivity index (χ1) is 7.15. The van der Waals surface area contributed by atoms with Gasteiger partial charge in [-0.05, 0) is 42.1 Å². The first-order valence-corrected chi connectivity index (χ1v) is 6.07. The van der Waals surface area contributed by atoms with Gasteiger partial charge in [0.05, 0.1) is 0 Å². The quantitative estimate of drug-likeness (QED) is 0.597. The van der Waals surface area contributed by atoms with Crippen LogP contribution in [0.25, 0.3) is 0 Å². The number of allylic oxidation sites excluding steroid dienone is 4. The molecule has 0 unspecified atom stereocenters. The van der Waals surface area contributed by atoms with Crippen LogP contribution in [0.1, 0.15) is 26.7 Å². The van der Waals surface area contributed by atoms with Gasteiger partial charge in [-0.1, -0.05) is 32.1 Å². The molecule has 0 saturated heterocycles. The molecule has 3 aliphatic rings. The Hall–Kier alpha value is -0.850. The Labute approximate surface area is 91.2 Å². The second-order valence-corrected chi connectivity index (χ2v) is 5.59. The standard InChI is InChI=1S/C14H18O/c1-3-14(2)7-6-11(15)12-9-4-5-10(8-9)13(12)14/h4-7,9-10,12-13H,3,8H2,1-2H3/t9-,10+,12+,13+,14+/m1/s1. The molecule has 3 aliphatic carbocycles. The van der Waals surface area contributed by atoms with Crippen LogP contribution < -0.4 is 0 Å². The highest BCUT2D eigenvalue weighted by Gasteiger charge is 2.54. The minimum absolute atomic E-state index is 0.253. The van der Waals surface area contributed by atoms with Gasteiger partial charge in [-0.15, -0.1) is 0 Å². The number of ketones is 1. The van der Waals surface area contributed by atoms with Gasteiger partial charge in [0.2, 0.25) is 0 Å². The molecule has 0 aliphatic heterocycles. The third-order valence-corrected chi connectivity index (χ3v) is 4.94. The maximum atomic E-state index is 11.9. The Bertz CT molecular complexity index is 366. The second-order valence-electron chi connectivity index (χ2n) is 5.59. The molecule has 1 heteroatoms. The van der Waals surface area contributed by atoms with Gasteiger partial charge in [-0.2, -0.15) is 0 Å². The van der Waals surface area contributed by atoms with Crippen LogP contribution in [-0.4, -0.2) is 5.78 Å². The molecule has 0 heterocycles. The molecular weight excluding hydrogens is 184 g/mol. The number of fused-ring (bicyclic) bond motifs is 5. The predicted octanol–water partition coefficient (Wildman–Crippen LogP) is 2.98. The van der Waals surface area contributed by atoms with Crippen LogP contribution >= 0.6 is 0 Å². The van der Waals surface area contributed by atoms with E-state index >= 15 is 0 Å². The van der Waals surface area contributed by atoms with Gasteiger partial charge in [0.15, 0.2) is 5.78 Å². The predicted molar refractivity (Wildman–Crippen MR) is 60.3 cm³/mol. The lowest BCUT2D eigenvalue weighted by atomic mass is 9.61. The minimum Gasteiger partial charge on any atom is -0.295 e. The van der Waals surface area contributed by atoms with Crippen molar-refractivity contribution >= 4 is 5.78 Å². The van der Waals surface area contributed by atoms with E-state index in [1.165, 1.54) is 6.42 Å². The van der Waals surface area contributed by atoms with E-state index in [2.05, 4.69) is 32.1 Å². The lowest BCUT2D eigenvalue weighted by Gasteiger charge is -2.42. The largest absolute Gasteiger partial charge is 0.295 e. The Kier molecular flexibility index (Phi) is 1.78. The fourth-order valence-electron chi connectivity index (χ4n) is 3.96. The van der Waals surface area contributed by atoms with Crippen molar-refractivity contribution in [2.24, 2.45) is 29.1 Å². The zero-order valence-corrected chi connectivity index (χ0v) is 9.44. The lowest BCUT2D eigenvalue weighted by Crippen LogP contribution is -2.40. The highest BCUT2D eigenvalue weighted by Crippen LogP contribution is 2.58. The number of hydrogen-bond acceptors (Lipinski definition) is 1. The third kappa shape index (κ3) is 1.07. The summed E-state index contributed by atoms with van der Waals surface area (Å²) in [7, 11) is 0. The maximum absolute atomic E-state index is 11.9. The number of carbonyl (C=O) groups is 1. The molecule has 3 rings (SSSR count). The van der Waals surface area contributed by atoms with Crippen LogP contribution in [0.15, 0.2) is 24.3 Å². The van der Waals surface area contributed by atoms with Crippen molar-refractivity contribution < 1.29 is 4.79 Å². The molecule has 0 amide bonds. The van der Waals surface area contributed by atoms with E-state index in [0.717, 1.165) is 6.42 Å². The van der Waals surface area contributed by atoms with Crippen molar-refractivity contribution in [2.75, 3.05) is 0 Å². The van der Waals surface area contributed by atoms with E-state index < -0.39 is 0 Å². The number of rotatable bonds is 1. The summed E-state index contributed by atoms with van der Waals surface area (Å²) in [6.07, 6.45) is 11.0. The molecule has 0 aromatic heterocycles. The first kappa shape index (κ1) is 9.38. The summed E-state index contributed by atoms with van der Waals surface area (Å²) in [6.45, 7) is 4.56. The Morgan fingerprint density at radius 1 is 1.40 bits per heavy atom. The van der Waals surface area contributed by atoms with Crippen LogP contribution in [-0.2, 0) is 4.79 Å². The van der Waals surface area contributed by atoms with Crippen LogP contribution in [0.4, 0.5) is 0 Å². The molecule has 0 aromatic carbocycles. The molecule has 0 radical (unpaired) electrons. The molecular formula is C14H18O. The fraction of sp³-hybridized carbons (Fsp3) is 0.643. The minimum atomic E-state index is 0.253. The molecule has 1 nitrogen and oxygen atoms in total. The van der Waals surface area contributed by atoms with Crippen LogP contribution in [0.5, 0.6) is 0 Å². The van der Waals surface area contributed by atoms with Crippen molar-refractivity contribution in [1.82, 2.24) is 0 Å². The normalized spacial score (nSPS) is 51.2. The van der Waals surface area contributed by atoms with Crippen LogP contribution in [0.2, 0.25) is 0 Å². The zero-order chi connectivity index (χ0) is 10.6. The van der Waals surface area contributed by atoms with Gasteiger partial charge >= 0.3 is 0 Å². The maximum Gasteiger partial charge on any atom is 0.159 e. The molecule has 0 N–H and O–H groups in total. The topological polar surface area (TPSA) is 17.1 Å². The molecule has 0 aromatic rings. The van der Waals surface area contributed by atoms with Crippen LogP contribution in [0.3, 0.4) is 0 Å². The molecule has 1 fully saturated rings. The van der Waals surface area contributed by atoms with Gasteiger partial charge in [0.1, 0.15) is 0 Å². The van der Waals surface area contributed by atoms with Gasteiger partial charge in [0, 0.05) is 5.92 Å². The summed E-state index contributed by atoms with van der Waals surface area (Å²) in [6, 6.07) is 0. The Morgan fingerprint density at radius 3 is 2.87 bits per heavy atom. The lowest BCUT2D eigenvalue weighted by molar-refractivity contribution is -0.122. The molecule has 2 bridgehead atoms. The van der Waals surface area contributed by atoms with Crippen LogP contribution in [0, 0.1) is 29.1 Å². The zero-order valence-electron chi connectivity index (χ0n) is 9.44. The smallest absolute Gasteiger partial charge is 0.159 e. The molecule has 15 heavy (non-hydrogen) atoms. The highest BCUT2D eigenvalue weighted by molar-refractivity contribution is 5.94. The number of hydrogen-bond donors (Lipinski definition) is 0. The summed E-state index contributed by atoms with van der Waals surface area (Å²) in [4.78, 5) is 11.9. The summed E-state index contributed by atoms with van der Waals surface area (Å²) >= 11 is 0. The first-order valence-electron chi connectivity index (χ1n) is 6.07. The fourth-order valence-corrected chi connectivity index (χ4v) is 3.96.